The fourth-order valence-electron chi connectivity index (χ4n) is 2.84. The van der Waals surface area contributed by atoms with Gasteiger partial charge in [-0.15, -0.1) is 0 Å². The Labute approximate surface area is 110 Å². The third-order valence-corrected chi connectivity index (χ3v) is 4.51. The summed E-state index contributed by atoms with van der Waals surface area (Å²) in [6.07, 6.45) is 3.56. The van der Waals surface area contributed by atoms with Crippen LogP contribution in [0.1, 0.15) is 33.1 Å². The van der Waals surface area contributed by atoms with Crippen molar-refractivity contribution < 1.29 is 4.79 Å². The summed E-state index contributed by atoms with van der Waals surface area (Å²) in [5, 5.41) is 6.37. The molecule has 0 aromatic carbocycles. The van der Waals surface area contributed by atoms with Crippen molar-refractivity contribution in [3.05, 3.63) is 0 Å². The molecular formula is C14H27N3O. The Morgan fingerprint density at radius 1 is 1.44 bits per heavy atom. The van der Waals surface area contributed by atoms with E-state index in [9.17, 15) is 4.79 Å². The standard InChI is InChI=1S/C14H27N3O/c1-12-3-8-17(9-4-12)10-7-16-13(18)14(2)5-6-15-11-14/h12,15H,3-11H2,1-2H3,(H,16,18). The van der Waals surface area contributed by atoms with Crippen LogP contribution in [0, 0.1) is 11.3 Å². The Morgan fingerprint density at radius 3 is 2.78 bits per heavy atom. The van der Waals surface area contributed by atoms with Gasteiger partial charge in [0.15, 0.2) is 0 Å². The molecular weight excluding hydrogens is 226 g/mol. The van der Waals surface area contributed by atoms with Crippen LogP contribution in [-0.4, -0.2) is 50.1 Å². The summed E-state index contributed by atoms with van der Waals surface area (Å²) >= 11 is 0. The number of nitrogens with zero attached hydrogens (tertiary/aromatic N) is 1. The van der Waals surface area contributed by atoms with Crippen molar-refractivity contribution in [3.8, 4) is 0 Å². The lowest BCUT2D eigenvalue weighted by molar-refractivity contribution is -0.129. The van der Waals surface area contributed by atoms with E-state index in [0.29, 0.717) is 0 Å². The van der Waals surface area contributed by atoms with E-state index in [1.54, 1.807) is 0 Å². The van der Waals surface area contributed by atoms with Crippen molar-refractivity contribution in [1.82, 2.24) is 15.5 Å². The predicted molar refractivity (Wildman–Crippen MR) is 73.4 cm³/mol. The van der Waals surface area contributed by atoms with E-state index in [1.807, 2.05) is 0 Å². The van der Waals surface area contributed by atoms with Crippen LogP contribution in [0.4, 0.5) is 0 Å². The molecule has 1 unspecified atom stereocenters. The molecule has 0 bridgehead atoms. The Balaban J connectivity index is 1.64. The topological polar surface area (TPSA) is 44.4 Å². The minimum absolute atomic E-state index is 0.184. The van der Waals surface area contributed by atoms with Gasteiger partial charge in [0.05, 0.1) is 5.41 Å². The molecule has 104 valence electrons. The van der Waals surface area contributed by atoms with Gasteiger partial charge in [-0.05, 0) is 51.7 Å². The summed E-state index contributed by atoms with van der Waals surface area (Å²) in [6, 6.07) is 0. The maximum atomic E-state index is 12.1. The lowest BCUT2D eigenvalue weighted by Crippen LogP contribution is -2.44. The molecule has 2 rings (SSSR count). The predicted octanol–water partition coefficient (Wildman–Crippen LogP) is 0.834. The maximum absolute atomic E-state index is 12.1. The van der Waals surface area contributed by atoms with Crippen molar-refractivity contribution in [1.29, 1.82) is 0 Å². The number of nitrogens with one attached hydrogen (secondary N) is 2. The monoisotopic (exact) mass is 253 g/mol. The summed E-state index contributed by atoms with van der Waals surface area (Å²) in [6.45, 7) is 10.3. The van der Waals surface area contributed by atoms with E-state index >= 15 is 0 Å². The van der Waals surface area contributed by atoms with Gasteiger partial charge in [-0.2, -0.15) is 0 Å². The molecule has 0 aromatic heterocycles. The summed E-state index contributed by atoms with van der Waals surface area (Å²) in [5.41, 5.74) is -0.184. The van der Waals surface area contributed by atoms with Gasteiger partial charge in [0.2, 0.25) is 5.91 Å². The first-order valence-electron chi connectivity index (χ1n) is 7.31. The molecule has 0 aromatic rings. The SMILES string of the molecule is CC1CCN(CCNC(=O)C2(C)CCNC2)CC1. The van der Waals surface area contributed by atoms with Crippen molar-refractivity contribution in [2.24, 2.45) is 11.3 Å². The molecule has 0 saturated carbocycles. The van der Waals surface area contributed by atoms with Crippen molar-refractivity contribution in [3.63, 3.8) is 0 Å². The number of carbonyl (C=O) groups excluding carboxylic acids is 1. The second kappa shape index (κ2) is 6.02. The first-order valence-corrected chi connectivity index (χ1v) is 7.31. The molecule has 0 spiro atoms. The van der Waals surface area contributed by atoms with Gasteiger partial charge in [0.25, 0.3) is 0 Å². The van der Waals surface area contributed by atoms with E-state index in [2.05, 4.69) is 29.4 Å². The first-order chi connectivity index (χ1) is 8.60. The molecule has 0 aliphatic carbocycles. The Hall–Kier alpha value is -0.610. The zero-order valence-corrected chi connectivity index (χ0v) is 11.8. The summed E-state index contributed by atoms with van der Waals surface area (Å²) in [4.78, 5) is 14.6. The van der Waals surface area contributed by atoms with Crippen LogP contribution in [0.15, 0.2) is 0 Å². The summed E-state index contributed by atoms with van der Waals surface area (Å²) in [5.74, 6) is 1.09. The van der Waals surface area contributed by atoms with Gasteiger partial charge in [0.1, 0.15) is 0 Å². The van der Waals surface area contributed by atoms with E-state index < -0.39 is 0 Å². The Morgan fingerprint density at radius 2 is 2.17 bits per heavy atom. The Bertz CT molecular complexity index is 279. The molecule has 2 saturated heterocycles. The minimum atomic E-state index is -0.184. The van der Waals surface area contributed by atoms with Gasteiger partial charge in [-0.1, -0.05) is 6.92 Å². The molecule has 2 aliphatic rings. The van der Waals surface area contributed by atoms with Crippen LogP contribution in [0.25, 0.3) is 0 Å². The Kier molecular flexibility index (Phi) is 4.62. The van der Waals surface area contributed by atoms with Gasteiger partial charge in [-0.3, -0.25) is 4.79 Å². The maximum Gasteiger partial charge on any atom is 0.227 e. The number of hydrogen-bond acceptors (Lipinski definition) is 3. The lowest BCUT2D eigenvalue weighted by atomic mass is 9.89. The van der Waals surface area contributed by atoms with Crippen molar-refractivity contribution in [2.45, 2.75) is 33.1 Å². The molecule has 2 fully saturated rings. The van der Waals surface area contributed by atoms with Crippen LogP contribution >= 0.6 is 0 Å². The molecule has 18 heavy (non-hydrogen) atoms. The molecule has 4 heteroatoms. The van der Waals surface area contributed by atoms with Gasteiger partial charge >= 0.3 is 0 Å². The van der Waals surface area contributed by atoms with E-state index in [0.717, 1.165) is 38.5 Å². The highest BCUT2D eigenvalue weighted by Crippen LogP contribution is 2.24. The van der Waals surface area contributed by atoms with Crippen LogP contribution in [0.5, 0.6) is 0 Å². The number of rotatable bonds is 4. The van der Waals surface area contributed by atoms with E-state index in [1.165, 1.54) is 25.9 Å². The van der Waals surface area contributed by atoms with E-state index in [-0.39, 0.29) is 11.3 Å². The van der Waals surface area contributed by atoms with Crippen molar-refractivity contribution in [2.75, 3.05) is 39.3 Å². The molecule has 2 N–H and O–H groups in total. The first kappa shape index (κ1) is 13.8. The van der Waals surface area contributed by atoms with E-state index in [4.69, 9.17) is 0 Å². The fourth-order valence-corrected chi connectivity index (χ4v) is 2.84. The molecule has 2 heterocycles. The highest BCUT2D eigenvalue weighted by molar-refractivity contribution is 5.82. The third-order valence-electron chi connectivity index (χ3n) is 4.51. The highest BCUT2D eigenvalue weighted by Gasteiger charge is 2.35. The van der Waals surface area contributed by atoms with Crippen molar-refractivity contribution >= 4 is 5.91 Å². The lowest BCUT2D eigenvalue weighted by Gasteiger charge is -2.30. The highest BCUT2D eigenvalue weighted by atomic mass is 16.2. The van der Waals surface area contributed by atoms with Crippen LogP contribution in [0.2, 0.25) is 0 Å². The minimum Gasteiger partial charge on any atom is -0.354 e. The molecule has 1 amide bonds. The number of amides is 1. The fraction of sp³-hybridized carbons (Fsp3) is 0.929. The van der Waals surface area contributed by atoms with Crippen LogP contribution in [0.3, 0.4) is 0 Å². The average molecular weight is 253 g/mol. The second-order valence-electron chi connectivity index (χ2n) is 6.27. The molecule has 4 nitrogen and oxygen atoms in total. The van der Waals surface area contributed by atoms with Crippen LogP contribution < -0.4 is 10.6 Å². The van der Waals surface area contributed by atoms with Gasteiger partial charge in [-0.25, -0.2) is 0 Å². The zero-order chi connectivity index (χ0) is 13.0. The smallest absolute Gasteiger partial charge is 0.227 e. The third kappa shape index (κ3) is 3.45. The number of hydrogen-bond donors (Lipinski definition) is 2. The molecule has 0 radical (unpaired) electrons. The normalized spacial score (nSPS) is 30.6. The summed E-state index contributed by atoms with van der Waals surface area (Å²) < 4.78 is 0. The largest absolute Gasteiger partial charge is 0.354 e. The number of likely N-dealkylation sites (tertiary alicyclic amines) is 1. The summed E-state index contributed by atoms with van der Waals surface area (Å²) in [7, 11) is 0. The second-order valence-corrected chi connectivity index (χ2v) is 6.27. The number of carbonyl (C=O) groups is 1. The number of piperidine rings is 1. The molecule has 2 aliphatic heterocycles. The zero-order valence-electron chi connectivity index (χ0n) is 11.8. The average Bonchev–Trinajstić information content (AvgIpc) is 2.80. The quantitative estimate of drug-likeness (QED) is 0.780. The van der Waals surface area contributed by atoms with Crippen LogP contribution in [-0.2, 0) is 4.79 Å². The van der Waals surface area contributed by atoms with Gasteiger partial charge < -0.3 is 15.5 Å². The molecule has 1 atom stereocenters. The van der Waals surface area contributed by atoms with Gasteiger partial charge in [0, 0.05) is 19.6 Å².